The largest absolute Gasteiger partial charge is 0.481 e. The molecule has 6 heteroatoms. The summed E-state index contributed by atoms with van der Waals surface area (Å²) < 4.78 is 0.968. The maximum absolute atomic E-state index is 11.4. The zero-order valence-corrected chi connectivity index (χ0v) is 11.6. The van der Waals surface area contributed by atoms with E-state index in [2.05, 4.69) is 26.6 Å². The van der Waals surface area contributed by atoms with Crippen molar-refractivity contribution in [3.05, 3.63) is 33.8 Å². The van der Waals surface area contributed by atoms with Gasteiger partial charge in [0, 0.05) is 17.6 Å². The minimum atomic E-state index is -0.934. The van der Waals surface area contributed by atoms with Gasteiger partial charge in [0.1, 0.15) is 0 Å². The molecule has 0 fully saturated rings. The summed E-state index contributed by atoms with van der Waals surface area (Å²) in [6.45, 7) is 2.48. The number of carboxylic acid groups (broad SMARTS) is 1. The molecule has 0 aliphatic rings. The fourth-order valence-corrected chi connectivity index (χ4v) is 1.77. The highest BCUT2D eigenvalue weighted by atomic mass is 79.9. The van der Waals surface area contributed by atoms with Crippen molar-refractivity contribution in [2.45, 2.75) is 19.9 Å². The van der Waals surface area contributed by atoms with Gasteiger partial charge >= 0.3 is 12.0 Å². The molecule has 3 N–H and O–H groups in total. The van der Waals surface area contributed by atoms with E-state index in [1.165, 1.54) is 0 Å². The summed E-state index contributed by atoms with van der Waals surface area (Å²) in [6, 6.07) is 5.43. The Balaban J connectivity index is 2.38. The van der Waals surface area contributed by atoms with E-state index in [-0.39, 0.29) is 19.0 Å². The number of rotatable bonds is 5. The number of hydrogen-bond acceptors (Lipinski definition) is 2. The number of hydrogen-bond donors (Lipinski definition) is 3. The second-order valence-corrected chi connectivity index (χ2v) is 4.59. The van der Waals surface area contributed by atoms with Crippen LogP contribution in [0.25, 0.3) is 0 Å². The zero-order valence-electron chi connectivity index (χ0n) is 10.00. The Bertz CT molecular complexity index is 449. The van der Waals surface area contributed by atoms with Crippen LogP contribution in [0.3, 0.4) is 0 Å². The summed E-state index contributed by atoms with van der Waals surface area (Å²) in [5.41, 5.74) is 2.07. The number of aryl methyl sites for hydroxylation is 1. The maximum atomic E-state index is 11.4. The number of carbonyl (C=O) groups is 2. The highest BCUT2D eigenvalue weighted by molar-refractivity contribution is 9.10. The van der Waals surface area contributed by atoms with Gasteiger partial charge in [-0.2, -0.15) is 0 Å². The van der Waals surface area contributed by atoms with Gasteiger partial charge in [-0.15, -0.1) is 0 Å². The second-order valence-electron chi connectivity index (χ2n) is 3.80. The topological polar surface area (TPSA) is 78.4 Å². The van der Waals surface area contributed by atoms with Gasteiger partial charge in [0.15, 0.2) is 0 Å². The van der Waals surface area contributed by atoms with Crippen LogP contribution in [0.5, 0.6) is 0 Å². The van der Waals surface area contributed by atoms with E-state index in [0.29, 0.717) is 6.54 Å². The van der Waals surface area contributed by atoms with Gasteiger partial charge in [0.05, 0.1) is 6.42 Å². The fourth-order valence-electron chi connectivity index (χ4n) is 1.37. The molecule has 0 aliphatic heterocycles. The number of carbonyl (C=O) groups excluding carboxylic acids is 1. The molecule has 0 unspecified atom stereocenters. The second kappa shape index (κ2) is 7.00. The van der Waals surface area contributed by atoms with Crippen LogP contribution in [0.2, 0.25) is 0 Å². The van der Waals surface area contributed by atoms with Gasteiger partial charge in [0.25, 0.3) is 0 Å². The van der Waals surface area contributed by atoms with Crippen LogP contribution in [-0.2, 0) is 11.3 Å². The third kappa shape index (κ3) is 4.75. The Morgan fingerprint density at radius 3 is 2.72 bits per heavy atom. The van der Waals surface area contributed by atoms with E-state index >= 15 is 0 Å². The van der Waals surface area contributed by atoms with Crippen LogP contribution >= 0.6 is 15.9 Å². The number of amides is 2. The smallest absolute Gasteiger partial charge is 0.315 e. The quantitative estimate of drug-likeness (QED) is 0.778. The van der Waals surface area contributed by atoms with Gasteiger partial charge < -0.3 is 15.7 Å². The molecule has 1 aromatic rings. The molecule has 0 aromatic heterocycles. The minimum Gasteiger partial charge on any atom is -0.481 e. The highest BCUT2D eigenvalue weighted by Gasteiger charge is 2.05. The van der Waals surface area contributed by atoms with Crippen LogP contribution in [0, 0.1) is 6.92 Å². The first-order chi connectivity index (χ1) is 8.50. The lowest BCUT2D eigenvalue weighted by atomic mass is 10.1. The summed E-state index contributed by atoms with van der Waals surface area (Å²) >= 11 is 3.45. The lowest BCUT2D eigenvalue weighted by Gasteiger charge is -2.09. The van der Waals surface area contributed by atoms with Gasteiger partial charge in [0.2, 0.25) is 0 Å². The van der Waals surface area contributed by atoms with Crippen molar-refractivity contribution in [1.82, 2.24) is 10.6 Å². The van der Waals surface area contributed by atoms with E-state index in [4.69, 9.17) is 5.11 Å². The van der Waals surface area contributed by atoms with E-state index in [1.54, 1.807) is 0 Å². The average Bonchev–Trinajstić information content (AvgIpc) is 2.30. The molecule has 18 heavy (non-hydrogen) atoms. The molecule has 0 radical (unpaired) electrons. The molecule has 0 atom stereocenters. The predicted octanol–water partition coefficient (Wildman–Crippen LogP) is 2.03. The van der Waals surface area contributed by atoms with Gasteiger partial charge in [-0.3, -0.25) is 4.79 Å². The van der Waals surface area contributed by atoms with Crippen molar-refractivity contribution in [2.24, 2.45) is 0 Å². The minimum absolute atomic E-state index is 0.0818. The Kier molecular flexibility index (Phi) is 5.64. The van der Waals surface area contributed by atoms with E-state index in [0.717, 1.165) is 15.6 Å². The SMILES string of the molecule is Cc1cccc(CNC(=O)NCCC(=O)O)c1Br. The number of benzene rings is 1. The van der Waals surface area contributed by atoms with E-state index < -0.39 is 5.97 Å². The van der Waals surface area contributed by atoms with Crippen molar-refractivity contribution in [1.29, 1.82) is 0 Å². The van der Waals surface area contributed by atoms with Gasteiger partial charge in [-0.05, 0) is 18.1 Å². The number of nitrogens with one attached hydrogen (secondary N) is 2. The summed E-state index contributed by atoms with van der Waals surface area (Å²) in [5, 5.41) is 13.6. The van der Waals surface area contributed by atoms with Crippen molar-refractivity contribution in [2.75, 3.05) is 6.54 Å². The monoisotopic (exact) mass is 314 g/mol. The van der Waals surface area contributed by atoms with Crippen LogP contribution < -0.4 is 10.6 Å². The molecule has 0 saturated heterocycles. The Morgan fingerprint density at radius 1 is 1.33 bits per heavy atom. The molecule has 0 heterocycles. The predicted molar refractivity (Wildman–Crippen MR) is 71.4 cm³/mol. The molecule has 0 aliphatic carbocycles. The van der Waals surface area contributed by atoms with Crippen molar-refractivity contribution >= 4 is 27.9 Å². The highest BCUT2D eigenvalue weighted by Crippen LogP contribution is 2.20. The van der Waals surface area contributed by atoms with Gasteiger partial charge in [-0.1, -0.05) is 34.1 Å². The van der Waals surface area contributed by atoms with E-state index in [9.17, 15) is 9.59 Å². The molecule has 5 nitrogen and oxygen atoms in total. The molecule has 2 amide bonds. The maximum Gasteiger partial charge on any atom is 0.315 e. The first kappa shape index (κ1) is 14.5. The van der Waals surface area contributed by atoms with Crippen molar-refractivity contribution in [3.8, 4) is 0 Å². The molecule has 0 spiro atoms. The zero-order chi connectivity index (χ0) is 13.5. The third-order valence-electron chi connectivity index (χ3n) is 2.34. The first-order valence-corrected chi connectivity index (χ1v) is 6.27. The van der Waals surface area contributed by atoms with Gasteiger partial charge in [-0.25, -0.2) is 4.79 Å². The Labute approximate surface area is 114 Å². The number of halogens is 1. The molecular weight excluding hydrogens is 300 g/mol. The summed E-state index contributed by atoms with van der Waals surface area (Å²) in [6.07, 6.45) is -0.0818. The molecule has 1 rings (SSSR count). The third-order valence-corrected chi connectivity index (χ3v) is 3.47. The first-order valence-electron chi connectivity index (χ1n) is 5.48. The van der Waals surface area contributed by atoms with Crippen molar-refractivity contribution < 1.29 is 14.7 Å². The van der Waals surface area contributed by atoms with Crippen LogP contribution in [-0.4, -0.2) is 23.7 Å². The number of aliphatic carboxylic acids is 1. The van der Waals surface area contributed by atoms with Crippen LogP contribution in [0.4, 0.5) is 4.79 Å². The Hall–Kier alpha value is -1.56. The van der Waals surface area contributed by atoms with Crippen LogP contribution in [0.15, 0.2) is 22.7 Å². The molecule has 0 saturated carbocycles. The fraction of sp³-hybridized carbons (Fsp3) is 0.333. The Morgan fingerprint density at radius 2 is 2.06 bits per heavy atom. The van der Waals surface area contributed by atoms with Crippen LogP contribution in [0.1, 0.15) is 17.5 Å². The summed E-state index contributed by atoms with van der Waals surface area (Å²) in [5.74, 6) is -0.934. The van der Waals surface area contributed by atoms with Crippen molar-refractivity contribution in [3.63, 3.8) is 0 Å². The summed E-state index contributed by atoms with van der Waals surface area (Å²) in [4.78, 5) is 21.6. The number of carboxylic acids is 1. The molecule has 0 bridgehead atoms. The number of urea groups is 1. The molecular formula is C12H15BrN2O3. The van der Waals surface area contributed by atoms with E-state index in [1.807, 2.05) is 25.1 Å². The normalized spacial score (nSPS) is 9.89. The molecule has 98 valence electrons. The standard InChI is InChI=1S/C12H15BrN2O3/c1-8-3-2-4-9(11(8)13)7-15-12(18)14-6-5-10(16)17/h2-4H,5-7H2,1H3,(H,16,17)(H2,14,15,18). The average molecular weight is 315 g/mol. The summed E-state index contributed by atoms with van der Waals surface area (Å²) in [7, 11) is 0. The lowest BCUT2D eigenvalue weighted by molar-refractivity contribution is -0.136. The lowest BCUT2D eigenvalue weighted by Crippen LogP contribution is -2.36. The molecule has 1 aromatic carbocycles.